The van der Waals surface area contributed by atoms with Gasteiger partial charge in [-0.2, -0.15) is 0 Å². The Bertz CT molecular complexity index is 386. The van der Waals surface area contributed by atoms with E-state index < -0.39 is 5.82 Å². The Morgan fingerprint density at radius 2 is 2.06 bits per heavy atom. The summed E-state index contributed by atoms with van der Waals surface area (Å²) < 4.78 is 13.4. The van der Waals surface area contributed by atoms with Gasteiger partial charge in [0.2, 0.25) is 5.91 Å². The average molecular weight is 258 g/mol. The Balaban J connectivity index is 2.69. The van der Waals surface area contributed by atoms with Crippen LogP contribution >= 0.6 is 11.6 Å². The number of rotatable bonds is 4. The second-order valence-electron chi connectivity index (χ2n) is 4.48. The van der Waals surface area contributed by atoms with Gasteiger partial charge in [0.15, 0.2) is 0 Å². The number of hydrogen-bond acceptors (Lipinski definition) is 1. The number of halogens is 2. The van der Waals surface area contributed by atoms with Crippen molar-refractivity contribution in [2.24, 2.45) is 5.92 Å². The number of hydrogen-bond donors (Lipinski definition) is 1. The van der Waals surface area contributed by atoms with E-state index in [4.69, 9.17) is 11.6 Å². The van der Waals surface area contributed by atoms with Gasteiger partial charge in [0, 0.05) is 16.6 Å². The number of benzene rings is 1. The van der Waals surface area contributed by atoms with E-state index in [9.17, 15) is 9.18 Å². The van der Waals surface area contributed by atoms with E-state index in [1.165, 1.54) is 12.1 Å². The summed E-state index contributed by atoms with van der Waals surface area (Å²) in [5.41, 5.74) is 0.252. The van der Waals surface area contributed by atoms with Gasteiger partial charge >= 0.3 is 0 Å². The van der Waals surface area contributed by atoms with Gasteiger partial charge in [-0.05, 0) is 25.0 Å². The maximum atomic E-state index is 13.4. The summed E-state index contributed by atoms with van der Waals surface area (Å²) in [5.74, 6) is -0.307. The zero-order chi connectivity index (χ0) is 13.0. The average Bonchev–Trinajstić information content (AvgIpc) is 2.23. The first-order valence-corrected chi connectivity index (χ1v) is 6.02. The van der Waals surface area contributed by atoms with E-state index in [2.05, 4.69) is 5.32 Å². The third-order valence-electron chi connectivity index (χ3n) is 2.79. The molecule has 0 aromatic heterocycles. The summed E-state index contributed by atoms with van der Waals surface area (Å²) in [6, 6.07) is 4.48. The molecule has 0 aliphatic heterocycles. The summed E-state index contributed by atoms with van der Waals surface area (Å²) in [5, 5.41) is 3.11. The van der Waals surface area contributed by atoms with Crippen LogP contribution in [0.1, 0.15) is 26.3 Å². The van der Waals surface area contributed by atoms with Crippen LogP contribution in [0.3, 0.4) is 0 Å². The van der Waals surface area contributed by atoms with E-state index in [-0.39, 0.29) is 29.0 Å². The molecule has 0 fully saturated rings. The standard InChI is InChI=1S/C13H17ClFNO/c1-8(2)9(3)16-13(17)7-10-11(14)5-4-6-12(10)15/h4-6,8-9H,7H2,1-3H3,(H,16,17). The second kappa shape index (κ2) is 6.01. The summed E-state index contributed by atoms with van der Waals surface area (Å²) >= 11 is 5.85. The number of amides is 1. The molecule has 0 saturated heterocycles. The monoisotopic (exact) mass is 257 g/mol. The Kier molecular flexibility index (Phi) is 4.94. The molecule has 1 amide bonds. The molecule has 0 spiro atoms. The number of carbonyl (C=O) groups excluding carboxylic acids is 1. The quantitative estimate of drug-likeness (QED) is 0.882. The van der Waals surface area contributed by atoms with E-state index >= 15 is 0 Å². The lowest BCUT2D eigenvalue weighted by Crippen LogP contribution is -2.37. The summed E-state index contributed by atoms with van der Waals surface area (Å²) in [7, 11) is 0. The first-order valence-electron chi connectivity index (χ1n) is 5.64. The minimum atomic E-state index is -0.440. The molecule has 0 aliphatic rings. The molecule has 1 N–H and O–H groups in total. The maximum absolute atomic E-state index is 13.4. The normalized spacial score (nSPS) is 12.6. The van der Waals surface area contributed by atoms with Gasteiger partial charge in [-0.25, -0.2) is 4.39 Å². The zero-order valence-electron chi connectivity index (χ0n) is 10.3. The maximum Gasteiger partial charge on any atom is 0.224 e. The molecule has 17 heavy (non-hydrogen) atoms. The largest absolute Gasteiger partial charge is 0.353 e. The van der Waals surface area contributed by atoms with Crippen molar-refractivity contribution in [2.45, 2.75) is 33.2 Å². The van der Waals surface area contributed by atoms with Crippen LogP contribution in [0.15, 0.2) is 18.2 Å². The molecule has 4 heteroatoms. The van der Waals surface area contributed by atoms with Crippen molar-refractivity contribution in [3.05, 3.63) is 34.6 Å². The Morgan fingerprint density at radius 3 is 2.59 bits per heavy atom. The van der Waals surface area contributed by atoms with Crippen LogP contribution in [0.5, 0.6) is 0 Å². The van der Waals surface area contributed by atoms with Crippen LogP contribution in [0.4, 0.5) is 4.39 Å². The summed E-state index contributed by atoms with van der Waals surface area (Å²) in [6.45, 7) is 5.95. The molecule has 1 rings (SSSR count). The number of nitrogens with one attached hydrogen (secondary N) is 1. The van der Waals surface area contributed by atoms with Crippen LogP contribution in [-0.4, -0.2) is 11.9 Å². The molecule has 94 valence electrons. The van der Waals surface area contributed by atoms with Crippen molar-refractivity contribution >= 4 is 17.5 Å². The fourth-order valence-corrected chi connectivity index (χ4v) is 1.56. The Morgan fingerprint density at radius 1 is 1.41 bits per heavy atom. The van der Waals surface area contributed by atoms with Crippen molar-refractivity contribution in [2.75, 3.05) is 0 Å². The number of carbonyl (C=O) groups is 1. The molecule has 1 aromatic carbocycles. The highest BCUT2D eigenvalue weighted by atomic mass is 35.5. The lowest BCUT2D eigenvalue weighted by molar-refractivity contribution is -0.121. The van der Waals surface area contributed by atoms with Crippen molar-refractivity contribution in [3.63, 3.8) is 0 Å². The first kappa shape index (κ1) is 14.0. The third kappa shape index (κ3) is 4.00. The van der Waals surface area contributed by atoms with Crippen molar-refractivity contribution in [1.82, 2.24) is 5.32 Å². The minimum absolute atomic E-state index is 0.0252. The van der Waals surface area contributed by atoms with E-state index in [0.717, 1.165) is 0 Å². The van der Waals surface area contributed by atoms with Crippen molar-refractivity contribution in [3.8, 4) is 0 Å². The molecule has 1 atom stereocenters. The Hall–Kier alpha value is -1.09. The van der Waals surface area contributed by atoms with Gasteiger partial charge in [0.25, 0.3) is 0 Å². The van der Waals surface area contributed by atoms with Crippen LogP contribution in [-0.2, 0) is 11.2 Å². The molecule has 1 aromatic rings. The molecular weight excluding hydrogens is 241 g/mol. The molecule has 0 bridgehead atoms. The summed E-state index contributed by atoms with van der Waals surface area (Å²) in [6.07, 6.45) is -0.0252. The highest BCUT2D eigenvalue weighted by Gasteiger charge is 2.14. The lowest BCUT2D eigenvalue weighted by atomic mass is 10.1. The molecule has 1 unspecified atom stereocenters. The fourth-order valence-electron chi connectivity index (χ4n) is 1.33. The Labute approximate surface area is 106 Å². The lowest BCUT2D eigenvalue weighted by Gasteiger charge is -2.17. The van der Waals surface area contributed by atoms with E-state index in [1.54, 1.807) is 6.07 Å². The van der Waals surface area contributed by atoms with Gasteiger partial charge < -0.3 is 5.32 Å². The van der Waals surface area contributed by atoms with Crippen LogP contribution in [0.2, 0.25) is 5.02 Å². The predicted octanol–water partition coefficient (Wildman–Crippen LogP) is 3.18. The molecule has 2 nitrogen and oxygen atoms in total. The van der Waals surface area contributed by atoms with E-state index in [0.29, 0.717) is 5.92 Å². The molecule has 0 saturated carbocycles. The van der Waals surface area contributed by atoms with Crippen LogP contribution in [0, 0.1) is 11.7 Å². The van der Waals surface area contributed by atoms with Crippen LogP contribution < -0.4 is 5.32 Å². The summed E-state index contributed by atoms with van der Waals surface area (Å²) in [4.78, 5) is 11.7. The molecule has 0 heterocycles. The van der Waals surface area contributed by atoms with Gasteiger partial charge in [0.1, 0.15) is 5.82 Å². The zero-order valence-corrected chi connectivity index (χ0v) is 11.0. The fraction of sp³-hybridized carbons (Fsp3) is 0.462. The predicted molar refractivity (Wildman–Crippen MR) is 67.6 cm³/mol. The SMILES string of the molecule is CC(C)C(C)NC(=O)Cc1c(F)cccc1Cl. The minimum Gasteiger partial charge on any atom is -0.353 e. The molecular formula is C13H17ClFNO. The van der Waals surface area contributed by atoms with Crippen molar-refractivity contribution in [1.29, 1.82) is 0 Å². The smallest absolute Gasteiger partial charge is 0.224 e. The van der Waals surface area contributed by atoms with E-state index in [1.807, 2.05) is 20.8 Å². The van der Waals surface area contributed by atoms with Gasteiger partial charge in [-0.15, -0.1) is 0 Å². The topological polar surface area (TPSA) is 29.1 Å². The van der Waals surface area contributed by atoms with Gasteiger partial charge in [0.05, 0.1) is 6.42 Å². The highest BCUT2D eigenvalue weighted by Crippen LogP contribution is 2.19. The first-order chi connectivity index (χ1) is 7.91. The third-order valence-corrected chi connectivity index (χ3v) is 3.14. The highest BCUT2D eigenvalue weighted by molar-refractivity contribution is 6.31. The molecule has 0 radical (unpaired) electrons. The van der Waals surface area contributed by atoms with Gasteiger partial charge in [-0.1, -0.05) is 31.5 Å². The second-order valence-corrected chi connectivity index (χ2v) is 4.88. The van der Waals surface area contributed by atoms with Crippen molar-refractivity contribution < 1.29 is 9.18 Å². The molecule has 0 aliphatic carbocycles. The van der Waals surface area contributed by atoms with Crippen LogP contribution in [0.25, 0.3) is 0 Å². The van der Waals surface area contributed by atoms with Gasteiger partial charge in [-0.3, -0.25) is 4.79 Å².